The summed E-state index contributed by atoms with van der Waals surface area (Å²) in [4.78, 5) is 11.9. The van der Waals surface area contributed by atoms with Gasteiger partial charge >= 0.3 is 0 Å². The zero-order chi connectivity index (χ0) is 14.8. The number of H-pyrrole nitrogens is 1. The number of rotatable bonds is 3. The normalized spacial score (nSPS) is 11.2. The van der Waals surface area contributed by atoms with Gasteiger partial charge in [0.05, 0.1) is 6.20 Å². The van der Waals surface area contributed by atoms with Crippen molar-refractivity contribution in [2.75, 3.05) is 11.1 Å². The number of benzene rings is 1. The van der Waals surface area contributed by atoms with Crippen LogP contribution in [0.15, 0.2) is 30.5 Å². The summed E-state index contributed by atoms with van der Waals surface area (Å²) < 4.78 is 5.71. The lowest BCUT2D eigenvalue weighted by molar-refractivity contribution is 0.102. The minimum atomic E-state index is -0.305. The molecule has 1 amide bonds. The van der Waals surface area contributed by atoms with Gasteiger partial charge in [-0.15, -0.1) is 0 Å². The molecule has 0 saturated carbocycles. The Morgan fingerprint density at radius 1 is 1.30 bits per heavy atom. The van der Waals surface area contributed by atoms with Crippen molar-refractivity contribution < 1.29 is 9.53 Å². The molecule has 1 aromatic carbocycles. The highest BCUT2D eigenvalue weighted by atomic mass is 16.5. The van der Waals surface area contributed by atoms with Crippen molar-refractivity contribution >= 4 is 17.4 Å². The first-order valence-electron chi connectivity index (χ1n) is 6.24. The van der Waals surface area contributed by atoms with Crippen molar-refractivity contribution in [2.24, 2.45) is 0 Å². The summed E-state index contributed by atoms with van der Waals surface area (Å²) >= 11 is 0. The quantitative estimate of drug-likeness (QED) is 0.801. The molecule has 1 aromatic heterocycles. The van der Waals surface area contributed by atoms with Crippen molar-refractivity contribution in [3.8, 4) is 5.75 Å². The van der Waals surface area contributed by atoms with Crippen LogP contribution in [0.25, 0.3) is 0 Å². The standard InChI is InChI=1S/C14H18N4O2/c1-14(2,3)20-10-6-4-9(5-7-10)17-13(19)11-8-16-18-12(11)15/h4-8H,1-3H3,(H,17,19)(H3,15,16,18). The van der Waals surface area contributed by atoms with Gasteiger partial charge < -0.3 is 15.8 Å². The maximum atomic E-state index is 11.9. The second kappa shape index (κ2) is 5.24. The Morgan fingerprint density at radius 3 is 2.45 bits per heavy atom. The van der Waals surface area contributed by atoms with Crippen LogP contribution in [0.5, 0.6) is 5.75 Å². The lowest BCUT2D eigenvalue weighted by atomic mass is 10.2. The van der Waals surface area contributed by atoms with Gasteiger partial charge in [0.2, 0.25) is 0 Å². The largest absolute Gasteiger partial charge is 0.488 e. The average molecular weight is 274 g/mol. The molecule has 0 aliphatic rings. The van der Waals surface area contributed by atoms with Crippen LogP contribution in [0.4, 0.5) is 11.5 Å². The third-order valence-corrected chi connectivity index (χ3v) is 2.45. The van der Waals surface area contributed by atoms with E-state index in [1.54, 1.807) is 24.3 Å². The van der Waals surface area contributed by atoms with Crippen LogP contribution in [-0.4, -0.2) is 21.7 Å². The zero-order valence-corrected chi connectivity index (χ0v) is 11.7. The summed E-state index contributed by atoms with van der Waals surface area (Å²) in [5, 5.41) is 8.97. The molecule has 0 bridgehead atoms. The number of amides is 1. The predicted octanol–water partition coefficient (Wildman–Crippen LogP) is 2.42. The second-order valence-corrected chi connectivity index (χ2v) is 5.39. The highest BCUT2D eigenvalue weighted by Gasteiger charge is 2.13. The third-order valence-electron chi connectivity index (χ3n) is 2.45. The van der Waals surface area contributed by atoms with Crippen molar-refractivity contribution in [1.82, 2.24) is 10.2 Å². The van der Waals surface area contributed by atoms with Crippen molar-refractivity contribution in [2.45, 2.75) is 26.4 Å². The molecule has 0 fully saturated rings. The van der Waals surface area contributed by atoms with Gasteiger partial charge in [0.25, 0.3) is 5.91 Å². The molecule has 4 N–H and O–H groups in total. The molecular formula is C14H18N4O2. The number of carbonyl (C=O) groups excluding carboxylic acids is 1. The van der Waals surface area contributed by atoms with Crippen LogP contribution in [0.1, 0.15) is 31.1 Å². The Labute approximate surface area is 117 Å². The van der Waals surface area contributed by atoms with E-state index in [2.05, 4.69) is 15.5 Å². The number of aromatic nitrogens is 2. The first-order valence-corrected chi connectivity index (χ1v) is 6.24. The molecule has 0 atom stereocenters. The van der Waals surface area contributed by atoms with Gasteiger partial charge in [0.15, 0.2) is 0 Å². The Morgan fingerprint density at radius 2 is 1.95 bits per heavy atom. The van der Waals surface area contributed by atoms with E-state index in [1.807, 2.05) is 20.8 Å². The maximum absolute atomic E-state index is 11.9. The molecule has 0 unspecified atom stereocenters. The van der Waals surface area contributed by atoms with E-state index in [1.165, 1.54) is 6.20 Å². The van der Waals surface area contributed by atoms with Crippen molar-refractivity contribution in [3.05, 3.63) is 36.0 Å². The minimum Gasteiger partial charge on any atom is -0.488 e. The fourth-order valence-electron chi connectivity index (χ4n) is 1.64. The maximum Gasteiger partial charge on any atom is 0.261 e. The number of nitrogens with zero attached hydrogens (tertiary/aromatic N) is 1. The number of hydrogen-bond donors (Lipinski definition) is 3. The number of nitrogens with one attached hydrogen (secondary N) is 2. The molecule has 2 rings (SSSR count). The zero-order valence-electron chi connectivity index (χ0n) is 11.7. The van der Waals surface area contributed by atoms with Gasteiger partial charge in [-0.05, 0) is 45.0 Å². The van der Waals surface area contributed by atoms with Gasteiger partial charge in [-0.25, -0.2) is 0 Å². The minimum absolute atomic E-state index is 0.246. The van der Waals surface area contributed by atoms with Crippen LogP contribution in [0.2, 0.25) is 0 Å². The SMILES string of the molecule is CC(C)(C)Oc1ccc(NC(=O)c2cn[nH]c2N)cc1. The summed E-state index contributed by atoms with van der Waals surface area (Å²) in [6.07, 6.45) is 1.39. The number of hydrogen-bond acceptors (Lipinski definition) is 4. The Balaban J connectivity index is 2.04. The molecule has 2 aromatic rings. The first-order chi connectivity index (χ1) is 9.35. The molecule has 6 nitrogen and oxygen atoms in total. The number of nitrogen functional groups attached to an aromatic ring is 1. The topological polar surface area (TPSA) is 93.0 Å². The summed E-state index contributed by atoms with van der Waals surface area (Å²) in [6, 6.07) is 7.16. The number of anilines is 2. The lowest BCUT2D eigenvalue weighted by Gasteiger charge is -2.21. The molecule has 0 aliphatic carbocycles. The summed E-state index contributed by atoms with van der Waals surface area (Å²) in [7, 11) is 0. The molecular weight excluding hydrogens is 256 g/mol. The van der Waals surface area contributed by atoms with Crippen LogP contribution in [0, 0.1) is 0 Å². The van der Waals surface area contributed by atoms with Gasteiger partial charge in [0, 0.05) is 5.69 Å². The van der Waals surface area contributed by atoms with Gasteiger partial charge in [-0.3, -0.25) is 9.89 Å². The summed E-state index contributed by atoms with van der Waals surface area (Å²) in [6.45, 7) is 5.93. The predicted molar refractivity (Wildman–Crippen MR) is 77.8 cm³/mol. The van der Waals surface area contributed by atoms with E-state index in [4.69, 9.17) is 10.5 Å². The van der Waals surface area contributed by atoms with E-state index < -0.39 is 0 Å². The molecule has 0 radical (unpaired) electrons. The molecule has 0 aliphatic heterocycles. The fourth-order valence-corrected chi connectivity index (χ4v) is 1.64. The van der Waals surface area contributed by atoms with E-state index in [-0.39, 0.29) is 17.3 Å². The van der Waals surface area contributed by atoms with Crippen LogP contribution >= 0.6 is 0 Å². The molecule has 6 heteroatoms. The number of ether oxygens (including phenoxy) is 1. The van der Waals surface area contributed by atoms with E-state index >= 15 is 0 Å². The smallest absolute Gasteiger partial charge is 0.261 e. The van der Waals surface area contributed by atoms with E-state index in [0.29, 0.717) is 11.3 Å². The van der Waals surface area contributed by atoms with Crippen molar-refractivity contribution in [1.29, 1.82) is 0 Å². The number of aromatic amines is 1. The van der Waals surface area contributed by atoms with Crippen LogP contribution < -0.4 is 15.8 Å². The first kappa shape index (κ1) is 13.9. The highest BCUT2D eigenvalue weighted by Crippen LogP contribution is 2.21. The fraction of sp³-hybridized carbons (Fsp3) is 0.286. The summed E-state index contributed by atoms with van der Waals surface area (Å²) in [5.74, 6) is 0.689. The van der Waals surface area contributed by atoms with Crippen LogP contribution in [0.3, 0.4) is 0 Å². The third kappa shape index (κ3) is 3.50. The number of nitrogens with two attached hydrogens (primary N) is 1. The molecule has 0 saturated heterocycles. The van der Waals surface area contributed by atoms with Gasteiger partial charge in [-0.1, -0.05) is 0 Å². The lowest BCUT2D eigenvalue weighted by Crippen LogP contribution is -2.22. The monoisotopic (exact) mass is 274 g/mol. The molecule has 20 heavy (non-hydrogen) atoms. The van der Waals surface area contributed by atoms with Crippen molar-refractivity contribution in [3.63, 3.8) is 0 Å². The van der Waals surface area contributed by atoms with Crippen LogP contribution in [-0.2, 0) is 0 Å². The number of carbonyl (C=O) groups is 1. The average Bonchev–Trinajstić information content (AvgIpc) is 2.76. The molecule has 106 valence electrons. The Bertz CT molecular complexity index is 596. The Kier molecular flexibility index (Phi) is 3.65. The highest BCUT2D eigenvalue weighted by molar-refractivity contribution is 6.07. The van der Waals surface area contributed by atoms with E-state index in [0.717, 1.165) is 5.75 Å². The molecule has 0 spiro atoms. The van der Waals surface area contributed by atoms with Gasteiger partial charge in [0.1, 0.15) is 22.7 Å². The van der Waals surface area contributed by atoms with E-state index in [9.17, 15) is 4.79 Å². The van der Waals surface area contributed by atoms with Gasteiger partial charge in [-0.2, -0.15) is 5.10 Å². The second-order valence-electron chi connectivity index (χ2n) is 5.39. The Hall–Kier alpha value is -2.50. The molecule has 1 heterocycles. The summed E-state index contributed by atoms with van der Waals surface area (Å²) in [5.41, 5.74) is 6.32.